The molecular weight excluding hydrogens is 314 g/mol. The van der Waals surface area contributed by atoms with Gasteiger partial charge >= 0.3 is 12.1 Å². The van der Waals surface area contributed by atoms with Crippen LogP contribution in [0.2, 0.25) is 0 Å². The lowest BCUT2D eigenvalue weighted by atomic mass is 9.98. The van der Waals surface area contributed by atoms with Gasteiger partial charge in [-0.2, -0.15) is 0 Å². The smallest absolute Gasteiger partial charge is 0.411 e. The van der Waals surface area contributed by atoms with E-state index in [-0.39, 0.29) is 18.9 Å². The van der Waals surface area contributed by atoms with E-state index < -0.39 is 23.2 Å². The van der Waals surface area contributed by atoms with Crippen LogP contribution in [0.25, 0.3) is 0 Å². The van der Waals surface area contributed by atoms with Gasteiger partial charge in [0, 0.05) is 13.0 Å². The van der Waals surface area contributed by atoms with Crippen molar-refractivity contribution in [1.82, 2.24) is 4.90 Å². The molecule has 1 amide bonds. The Balaban J connectivity index is 2.10. The van der Waals surface area contributed by atoms with Gasteiger partial charge in [0.15, 0.2) is 6.29 Å². The van der Waals surface area contributed by atoms with Gasteiger partial charge in [0.1, 0.15) is 11.1 Å². The fourth-order valence-corrected chi connectivity index (χ4v) is 3.15. The number of hydrogen-bond donors (Lipinski definition) is 0. The van der Waals surface area contributed by atoms with Crippen LogP contribution in [-0.2, 0) is 23.7 Å². The number of methoxy groups -OCH3 is 1. The van der Waals surface area contributed by atoms with Gasteiger partial charge in [-0.15, -0.1) is 0 Å². The molecule has 138 valence electrons. The Morgan fingerprint density at radius 2 is 1.96 bits per heavy atom. The standard InChI is InChI=1S/C17H29NO6/c1-16(2,3)24-15(20)18-11-12(10-17(18,4)14(19)21-5)23-13-8-6-7-9-22-13/h12-13H,6-11H2,1-5H3. The maximum Gasteiger partial charge on any atom is 0.411 e. The topological polar surface area (TPSA) is 74.3 Å². The normalized spacial score (nSPS) is 31.0. The first kappa shape index (κ1) is 19.0. The summed E-state index contributed by atoms with van der Waals surface area (Å²) in [5, 5.41) is 0. The quantitative estimate of drug-likeness (QED) is 0.733. The number of esters is 1. The minimum absolute atomic E-state index is 0.274. The Bertz CT molecular complexity index is 468. The first-order valence-corrected chi connectivity index (χ1v) is 8.52. The number of rotatable bonds is 3. The summed E-state index contributed by atoms with van der Waals surface area (Å²) in [6.07, 6.45) is 2.19. The highest BCUT2D eigenvalue weighted by molar-refractivity contribution is 5.86. The Hall–Kier alpha value is -1.34. The molecule has 3 atom stereocenters. The zero-order chi connectivity index (χ0) is 18.0. The Kier molecular flexibility index (Phi) is 5.75. The fraction of sp³-hybridized carbons (Fsp3) is 0.882. The molecule has 7 heteroatoms. The van der Waals surface area contributed by atoms with Gasteiger partial charge in [0.25, 0.3) is 0 Å². The van der Waals surface area contributed by atoms with Crippen LogP contribution >= 0.6 is 0 Å². The van der Waals surface area contributed by atoms with E-state index in [2.05, 4.69) is 0 Å². The molecule has 0 aromatic carbocycles. The molecule has 0 saturated carbocycles. The van der Waals surface area contributed by atoms with E-state index in [0.29, 0.717) is 13.0 Å². The van der Waals surface area contributed by atoms with Crippen LogP contribution < -0.4 is 0 Å². The van der Waals surface area contributed by atoms with Crippen molar-refractivity contribution < 1.29 is 28.5 Å². The number of carbonyl (C=O) groups is 2. The predicted octanol–water partition coefficient (Wildman–Crippen LogP) is 2.47. The molecule has 2 aliphatic heterocycles. The van der Waals surface area contributed by atoms with Gasteiger partial charge in [-0.25, -0.2) is 9.59 Å². The van der Waals surface area contributed by atoms with Crippen LogP contribution in [0.5, 0.6) is 0 Å². The van der Waals surface area contributed by atoms with Crippen molar-refractivity contribution in [2.45, 2.75) is 76.9 Å². The first-order chi connectivity index (χ1) is 11.2. The van der Waals surface area contributed by atoms with Crippen molar-refractivity contribution in [3.05, 3.63) is 0 Å². The van der Waals surface area contributed by atoms with E-state index in [1.54, 1.807) is 27.7 Å². The van der Waals surface area contributed by atoms with Crippen LogP contribution in [0.4, 0.5) is 4.79 Å². The summed E-state index contributed by atoms with van der Waals surface area (Å²) in [7, 11) is 1.32. The highest BCUT2D eigenvalue weighted by Crippen LogP contribution is 2.34. The maximum atomic E-state index is 12.5. The van der Waals surface area contributed by atoms with E-state index in [1.165, 1.54) is 12.0 Å². The maximum absolute atomic E-state index is 12.5. The first-order valence-electron chi connectivity index (χ1n) is 8.52. The second kappa shape index (κ2) is 7.27. The van der Waals surface area contributed by atoms with E-state index >= 15 is 0 Å². The van der Waals surface area contributed by atoms with Gasteiger partial charge in [-0.1, -0.05) is 0 Å². The molecule has 0 radical (unpaired) electrons. The van der Waals surface area contributed by atoms with Crippen LogP contribution in [0.3, 0.4) is 0 Å². The number of amides is 1. The fourth-order valence-electron chi connectivity index (χ4n) is 3.15. The van der Waals surface area contributed by atoms with Crippen LogP contribution in [0.1, 0.15) is 53.4 Å². The minimum atomic E-state index is -1.10. The molecule has 0 aromatic rings. The molecule has 0 spiro atoms. The highest BCUT2D eigenvalue weighted by atomic mass is 16.7. The summed E-state index contributed by atoms with van der Waals surface area (Å²) in [4.78, 5) is 26.3. The molecule has 2 fully saturated rings. The summed E-state index contributed by atoms with van der Waals surface area (Å²) in [6, 6.07) is 0. The molecule has 2 aliphatic rings. The third-order valence-electron chi connectivity index (χ3n) is 4.33. The second-order valence-corrected chi connectivity index (χ2v) is 7.61. The SMILES string of the molecule is COC(=O)C1(C)CC(OC2CCCCO2)CN1C(=O)OC(C)(C)C. The number of nitrogens with zero attached hydrogens (tertiary/aromatic N) is 1. The van der Waals surface area contributed by atoms with E-state index in [9.17, 15) is 9.59 Å². The molecule has 2 rings (SSSR count). The number of ether oxygens (including phenoxy) is 4. The van der Waals surface area contributed by atoms with Crippen molar-refractivity contribution in [2.24, 2.45) is 0 Å². The van der Waals surface area contributed by atoms with Crippen molar-refractivity contribution in [3.63, 3.8) is 0 Å². The van der Waals surface area contributed by atoms with Crippen molar-refractivity contribution in [3.8, 4) is 0 Å². The average molecular weight is 343 g/mol. The lowest BCUT2D eigenvalue weighted by molar-refractivity contribution is -0.185. The van der Waals surface area contributed by atoms with E-state index in [4.69, 9.17) is 18.9 Å². The monoisotopic (exact) mass is 343 g/mol. The lowest BCUT2D eigenvalue weighted by Crippen LogP contribution is -2.52. The minimum Gasteiger partial charge on any atom is -0.467 e. The summed E-state index contributed by atoms with van der Waals surface area (Å²) in [5.74, 6) is -0.468. The molecular formula is C17H29NO6. The van der Waals surface area contributed by atoms with Gasteiger partial charge in [0.2, 0.25) is 0 Å². The van der Waals surface area contributed by atoms with E-state index in [1.807, 2.05) is 0 Å². The van der Waals surface area contributed by atoms with Crippen molar-refractivity contribution in [1.29, 1.82) is 0 Å². The summed E-state index contributed by atoms with van der Waals surface area (Å²) < 4.78 is 21.9. The summed E-state index contributed by atoms with van der Waals surface area (Å²) in [6.45, 7) is 8.02. The van der Waals surface area contributed by atoms with Gasteiger partial charge in [-0.3, -0.25) is 4.90 Å². The predicted molar refractivity (Wildman–Crippen MR) is 86.4 cm³/mol. The third-order valence-corrected chi connectivity index (χ3v) is 4.33. The van der Waals surface area contributed by atoms with Crippen LogP contribution in [0, 0.1) is 0 Å². The summed E-state index contributed by atoms with van der Waals surface area (Å²) >= 11 is 0. The van der Waals surface area contributed by atoms with Gasteiger partial charge in [-0.05, 0) is 47.0 Å². The Labute approximate surface area is 143 Å². The van der Waals surface area contributed by atoms with Crippen molar-refractivity contribution in [2.75, 3.05) is 20.3 Å². The third kappa shape index (κ3) is 4.39. The summed E-state index contributed by atoms with van der Waals surface area (Å²) in [5.41, 5.74) is -1.74. The Morgan fingerprint density at radius 3 is 2.50 bits per heavy atom. The van der Waals surface area contributed by atoms with Crippen molar-refractivity contribution >= 4 is 12.1 Å². The number of hydrogen-bond acceptors (Lipinski definition) is 6. The molecule has 2 heterocycles. The van der Waals surface area contributed by atoms with Gasteiger partial charge in [0.05, 0.1) is 19.8 Å². The Morgan fingerprint density at radius 1 is 1.25 bits per heavy atom. The van der Waals surface area contributed by atoms with Crippen LogP contribution in [0.15, 0.2) is 0 Å². The second-order valence-electron chi connectivity index (χ2n) is 7.61. The highest BCUT2D eigenvalue weighted by Gasteiger charge is 2.53. The molecule has 0 bridgehead atoms. The molecule has 7 nitrogen and oxygen atoms in total. The molecule has 3 unspecified atom stereocenters. The lowest BCUT2D eigenvalue weighted by Gasteiger charge is -2.33. The number of likely N-dealkylation sites (tertiary alicyclic amines) is 1. The molecule has 24 heavy (non-hydrogen) atoms. The van der Waals surface area contributed by atoms with Crippen LogP contribution in [-0.4, -0.2) is 60.8 Å². The zero-order valence-corrected chi connectivity index (χ0v) is 15.3. The molecule has 0 N–H and O–H groups in total. The number of carbonyl (C=O) groups excluding carboxylic acids is 2. The van der Waals surface area contributed by atoms with E-state index in [0.717, 1.165) is 19.3 Å². The average Bonchev–Trinajstić information content (AvgIpc) is 2.83. The molecule has 2 saturated heterocycles. The van der Waals surface area contributed by atoms with Gasteiger partial charge < -0.3 is 18.9 Å². The zero-order valence-electron chi connectivity index (χ0n) is 15.3. The molecule has 0 aliphatic carbocycles. The largest absolute Gasteiger partial charge is 0.467 e. The molecule has 0 aromatic heterocycles.